The number of nitrogen functional groups attached to an aromatic ring is 1. The third kappa shape index (κ3) is 3.50. The standard InChI is InChI=1S/C14H18N4O2S/c1-2-6-11-7-3-4-8-12(11)18-21(19,20)13-9-5-10-16-14(13)17-15/h3-5,7-10,18H,2,6,15H2,1H3,(H,16,17). The van der Waals surface area contributed by atoms with Crippen molar-refractivity contribution in [2.24, 2.45) is 5.84 Å². The first-order valence-corrected chi connectivity index (χ1v) is 8.09. The van der Waals surface area contributed by atoms with E-state index in [1.807, 2.05) is 19.1 Å². The molecular weight excluding hydrogens is 288 g/mol. The van der Waals surface area contributed by atoms with Gasteiger partial charge in [-0.3, -0.25) is 4.72 Å². The van der Waals surface area contributed by atoms with E-state index in [9.17, 15) is 8.42 Å². The Labute approximate surface area is 124 Å². The largest absolute Gasteiger partial charge is 0.307 e. The molecule has 0 aliphatic carbocycles. The smallest absolute Gasteiger partial charge is 0.265 e. The quantitative estimate of drug-likeness (QED) is 0.561. The fourth-order valence-corrected chi connectivity index (χ4v) is 3.25. The number of benzene rings is 1. The maximum atomic E-state index is 12.5. The summed E-state index contributed by atoms with van der Waals surface area (Å²) in [6, 6.07) is 10.3. The number of anilines is 2. The molecule has 1 heterocycles. The summed E-state index contributed by atoms with van der Waals surface area (Å²) in [6.07, 6.45) is 3.20. The first kappa shape index (κ1) is 15.3. The molecule has 4 N–H and O–H groups in total. The van der Waals surface area contributed by atoms with Gasteiger partial charge in [0.05, 0.1) is 5.69 Å². The Bertz CT molecular complexity index is 716. The molecule has 0 spiro atoms. The number of aryl methyl sites for hydroxylation is 1. The van der Waals surface area contributed by atoms with Crippen LogP contribution >= 0.6 is 0 Å². The van der Waals surface area contributed by atoms with E-state index in [-0.39, 0.29) is 10.7 Å². The predicted octanol–water partition coefficient (Wildman–Crippen LogP) is 2.12. The van der Waals surface area contributed by atoms with E-state index in [0.29, 0.717) is 5.69 Å². The molecule has 7 heteroatoms. The third-order valence-corrected chi connectivity index (χ3v) is 4.38. The molecule has 0 radical (unpaired) electrons. The number of aromatic nitrogens is 1. The van der Waals surface area contributed by atoms with Crippen molar-refractivity contribution in [3.05, 3.63) is 48.2 Å². The van der Waals surface area contributed by atoms with E-state index < -0.39 is 10.0 Å². The maximum Gasteiger partial charge on any atom is 0.265 e. The van der Waals surface area contributed by atoms with Crippen LogP contribution in [0.15, 0.2) is 47.5 Å². The fraction of sp³-hybridized carbons (Fsp3) is 0.214. The molecule has 0 unspecified atom stereocenters. The van der Waals surface area contributed by atoms with Crippen molar-refractivity contribution in [2.45, 2.75) is 24.7 Å². The highest BCUT2D eigenvalue weighted by molar-refractivity contribution is 7.92. The molecule has 1 aromatic heterocycles. The summed E-state index contributed by atoms with van der Waals surface area (Å²) < 4.78 is 27.6. The highest BCUT2D eigenvalue weighted by atomic mass is 32.2. The van der Waals surface area contributed by atoms with Gasteiger partial charge in [0.15, 0.2) is 5.82 Å². The second-order valence-corrected chi connectivity index (χ2v) is 6.16. The summed E-state index contributed by atoms with van der Waals surface area (Å²) in [5, 5.41) is 0. The molecule has 6 nitrogen and oxygen atoms in total. The number of nitrogens with one attached hydrogen (secondary N) is 2. The lowest BCUT2D eigenvalue weighted by atomic mass is 10.1. The second kappa shape index (κ2) is 6.55. The van der Waals surface area contributed by atoms with Gasteiger partial charge in [-0.1, -0.05) is 31.5 Å². The van der Waals surface area contributed by atoms with Crippen LogP contribution in [0.2, 0.25) is 0 Å². The average molecular weight is 306 g/mol. The van der Waals surface area contributed by atoms with Gasteiger partial charge in [0.2, 0.25) is 0 Å². The Balaban J connectivity index is 2.38. The monoisotopic (exact) mass is 306 g/mol. The van der Waals surface area contributed by atoms with Crippen LogP contribution in [-0.4, -0.2) is 13.4 Å². The number of hydrazine groups is 1. The number of rotatable bonds is 6. The topological polar surface area (TPSA) is 97.1 Å². The third-order valence-electron chi connectivity index (χ3n) is 2.98. The fourth-order valence-electron chi connectivity index (χ4n) is 2.02. The first-order chi connectivity index (χ1) is 10.1. The van der Waals surface area contributed by atoms with Crippen LogP contribution in [0.25, 0.3) is 0 Å². The maximum absolute atomic E-state index is 12.5. The molecule has 2 rings (SSSR count). The van der Waals surface area contributed by atoms with Gasteiger partial charge in [0.1, 0.15) is 4.90 Å². The molecule has 0 aliphatic heterocycles. The molecule has 21 heavy (non-hydrogen) atoms. The van der Waals surface area contributed by atoms with E-state index in [0.717, 1.165) is 18.4 Å². The van der Waals surface area contributed by atoms with Gasteiger partial charge in [-0.2, -0.15) is 0 Å². The van der Waals surface area contributed by atoms with Crippen molar-refractivity contribution in [1.29, 1.82) is 0 Å². The molecule has 0 fully saturated rings. The Kier molecular flexibility index (Phi) is 4.77. The van der Waals surface area contributed by atoms with Crippen molar-refractivity contribution in [3.8, 4) is 0 Å². The molecule has 0 amide bonds. The Morgan fingerprint density at radius 3 is 2.67 bits per heavy atom. The van der Waals surface area contributed by atoms with Gasteiger partial charge in [0.25, 0.3) is 10.0 Å². The summed E-state index contributed by atoms with van der Waals surface area (Å²) in [5.74, 6) is 5.42. The molecule has 0 aliphatic rings. The molecule has 112 valence electrons. The first-order valence-electron chi connectivity index (χ1n) is 6.61. The van der Waals surface area contributed by atoms with Crippen molar-refractivity contribution < 1.29 is 8.42 Å². The van der Waals surface area contributed by atoms with E-state index in [1.165, 1.54) is 12.3 Å². The Morgan fingerprint density at radius 1 is 1.19 bits per heavy atom. The van der Waals surface area contributed by atoms with E-state index in [2.05, 4.69) is 15.1 Å². The zero-order valence-corrected chi connectivity index (χ0v) is 12.5. The number of para-hydroxylation sites is 1. The molecule has 1 aromatic carbocycles. The zero-order chi connectivity index (χ0) is 15.3. The van der Waals surface area contributed by atoms with Crippen LogP contribution in [0.4, 0.5) is 11.5 Å². The summed E-state index contributed by atoms with van der Waals surface area (Å²) in [6.45, 7) is 2.04. The van der Waals surface area contributed by atoms with Crippen molar-refractivity contribution in [2.75, 3.05) is 10.1 Å². The van der Waals surface area contributed by atoms with E-state index in [1.54, 1.807) is 18.2 Å². The summed E-state index contributed by atoms with van der Waals surface area (Å²) >= 11 is 0. The van der Waals surface area contributed by atoms with Crippen molar-refractivity contribution in [1.82, 2.24) is 4.98 Å². The molecule has 0 bridgehead atoms. The number of hydrogen-bond donors (Lipinski definition) is 3. The number of nitrogens with zero attached hydrogens (tertiary/aromatic N) is 1. The normalized spacial score (nSPS) is 11.1. The van der Waals surface area contributed by atoms with E-state index in [4.69, 9.17) is 5.84 Å². The average Bonchev–Trinajstić information content (AvgIpc) is 2.49. The Morgan fingerprint density at radius 2 is 1.95 bits per heavy atom. The lowest BCUT2D eigenvalue weighted by Gasteiger charge is -2.13. The van der Waals surface area contributed by atoms with Gasteiger partial charge in [0, 0.05) is 6.20 Å². The van der Waals surface area contributed by atoms with Crippen LogP contribution in [0.5, 0.6) is 0 Å². The number of sulfonamides is 1. The van der Waals surface area contributed by atoms with Crippen LogP contribution in [0.3, 0.4) is 0 Å². The van der Waals surface area contributed by atoms with Crippen molar-refractivity contribution in [3.63, 3.8) is 0 Å². The van der Waals surface area contributed by atoms with Crippen LogP contribution < -0.4 is 16.0 Å². The lowest BCUT2D eigenvalue weighted by molar-refractivity contribution is 0.601. The van der Waals surface area contributed by atoms with Crippen LogP contribution in [0.1, 0.15) is 18.9 Å². The van der Waals surface area contributed by atoms with E-state index >= 15 is 0 Å². The van der Waals surface area contributed by atoms with Gasteiger partial charge in [-0.25, -0.2) is 19.2 Å². The lowest BCUT2D eigenvalue weighted by Crippen LogP contribution is -2.19. The highest BCUT2D eigenvalue weighted by Crippen LogP contribution is 2.23. The highest BCUT2D eigenvalue weighted by Gasteiger charge is 2.20. The zero-order valence-electron chi connectivity index (χ0n) is 11.7. The molecule has 0 saturated heterocycles. The number of nitrogens with two attached hydrogens (primary N) is 1. The second-order valence-electron chi connectivity index (χ2n) is 4.51. The minimum Gasteiger partial charge on any atom is -0.307 e. The number of hydrogen-bond acceptors (Lipinski definition) is 5. The molecular formula is C14H18N4O2S. The number of pyridine rings is 1. The molecule has 0 saturated carbocycles. The minimum atomic E-state index is -3.75. The van der Waals surface area contributed by atoms with Gasteiger partial charge in [-0.05, 0) is 30.2 Å². The van der Waals surface area contributed by atoms with Gasteiger partial charge in [-0.15, -0.1) is 0 Å². The Hall–Kier alpha value is -2.12. The minimum absolute atomic E-state index is 0.0128. The van der Waals surface area contributed by atoms with Gasteiger partial charge < -0.3 is 5.43 Å². The molecule has 2 aromatic rings. The van der Waals surface area contributed by atoms with Gasteiger partial charge >= 0.3 is 0 Å². The van der Waals surface area contributed by atoms with Crippen molar-refractivity contribution >= 4 is 21.5 Å². The van der Waals surface area contributed by atoms with Crippen LogP contribution in [0, 0.1) is 0 Å². The molecule has 0 atom stereocenters. The SMILES string of the molecule is CCCc1ccccc1NS(=O)(=O)c1cccnc1NN. The predicted molar refractivity (Wildman–Crippen MR) is 83.3 cm³/mol. The van der Waals surface area contributed by atoms with Crippen LogP contribution in [-0.2, 0) is 16.4 Å². The summed E-state index contributed by atoms with van der Waals surface area (Å²) in [5.41, 5.74) is 3.83. The summed E-state index contributed by atoms with van der Waals surface area (Å²) in [4.78, 5) is 3.92. The summed E-state index contributed by atoms with van der Waals surface area (Å²) in [7, 11) is -3.75.